The molecule has 0 saturated heterocycles. The number of carbonyl (C=O) groups excluding carboxylic acids is 2. The van der Waals surface area contributed by atoms with Gasteiger partial charge in [0.05, 0.1) is 17.8 Å². The van der Waals surface area contributed by atoms with Crippen LogP contribution in [0.2, 0.25) is 5.02 Å². The summed E-state index contributed by atoms with van der Waals surface area (Å²) in [6.45, 7) is 2.36. The third-order valence-corrected chi connectivity index (χ3v) is 4.68. The van der Waals surface area contributed by atoms with Crippen LogP contribution in [0.25, 0.3) is 0 Å². The topological polar surface area (TPSA) is 62.6 Å². The fourth-order valence-corrected chi connectivity index (χ4v) is 2.70. The van der Waals surface area contributed by atoms with Crippen LogP contribution in [-0.2, 0) is 16.0 Å². The van der Waals surface area contributed by atoms with Gasteiger partial charge in [0.1, 0.15) is 5.82 Å². The lowest BCUT2D eigenvalue weighted by molar-refractivity contribution is -0.885. The van der Waals surface area contributed by atoms with Gasteiger partial charge in [-0.25, -0.2) is 4.39 Å². The molecule has 7 heteroatoms. The van der Waals surface area contributed by atoms with Gasteiger partial charge >= 0.3 is 0 Å². The van der Waals surface area contributed by atoms with E-state index in [9.17, 15) is 14.0 Å². The van der Waals surface area contributed by atoms with E-state index < -0.39 is 6.04 Å². The van der Waals surface area contributed by atoms with Gasteiger partial charge < -0.3 is 15.5 Å². The zero-order chi connectivity index (χ0) is 19.8. The molecule has 0 aliphatic heterocycles. The quantitative estimate of drug-likeness (QED) is 0.640. The molecule has 0 aliphatic rings. The predicted octanol–water partition coefficient (Wildman–Crippen LogP) is 1.68. The number of nitrogens with one attached hydrogen (secondary N) is 3. The van der Waals surface area contributed by atoms with Gasteiger partial charge in [0.15, 0.2) is 12.6 Å². The largest absolute Gasteiger partial charge is 0.351 e. The highest BCUT2D eigenvalue weighted by Gasteiger charge is 2.23. The van der Waals surface area contributed by atoms with E-state index in [0.717, 1.165) is 10.5 Å². The second-order valence-corrected chi connectivity index (χ2v) is 6.85. The van der Waals surface area contributed by atoms with E-state index in [1.54, 1.807) is 50.4 Å². The summed E-state index contributed by atoms with van der Waals surface area (Å²) in [7, 11) is 1.79. The first kappa shape index (κ1) is 20.9. The van der Waals surface area contributed by atoms with Gasteiger partial charge in [0, 0.05) is 6.54 Å². The van der Waals surface area contributed by atoms with E-state index in [1.807, 2.05) is 0 Å². The molecule has 2 aromatic carbocycles. The molecule has 0 spiro atoms. The molecule has 0 aromatic heterocycles. The van der Waals surface area contributed by atoms with Crippen molar-refractivity contribution >= 4 is 29.1 Å². The van der Waals surface area contributed by atoms with Crippen LogP contribution in [0.4, 0.5) is 10.1 Å². The van der Waals surface area contributed by atoms with Crippen LogP contribution in [0.1, 0.15) is 12.5 Å². The summed E-state index contributed by atoms with van der Waals surface area (Å²) in [5.41, 5.74) is 1.50. The molecule has 0 heterocycles. The number of benzene rings is 2. The maximum absolute atomic E-state index is 12.9. The van der Waals surface area contributed by atoms with E-state index in [-0.39, 0.29) is 24.2 Å². The lowest BCUT2D eigenvalue weighted by Crippen LogP contribution is -3.15. The maximum Gasteiger partial charge on any atom is 0.279 e. The normalized spacial score (nSPS) is 12.9. The number of carbonyl (C=O) groups is 2. The first-order valence-electron chi connectivity index (χ1n) is 8.75. The molecule has 0 radical (unpaired) electrons. The lowest BCUT2D eigenvalue weighted by atomic mass is 10.1. The summed E-state index contributed by atoms with van der Waals surface area (Å²) < 4.78 is 12.9. The van der Waals surface area contributed by atoms with Crippen molar-refractivity contribution < 1.29 is 18.9 Å². The molecule has 2 rings (SSSR count). The fourth-order valence-electron chi connectivity index (χ4n) is 2.52. The zero-order valence-electron chi connectivity index (χ0n) is 15.4. The Balaban J connectivity index is 1.76. The number of rotatable bonds is 8. The number of para-hydroxylation sites is 1. The van der Waals surface area contributed by atoms with E-state index in [4.69, 9.17) is 11.6 Å². The smallest absolute Gasteiger partial charge is 0.279 e. The summed E-state index contributed by atoms with van der Waals surface area (Å²) in [5.74, 6) is -0.636. The number of likely N-dealkylation sites (N-methyl/N-ethyl adjacent to an activating group) is 1. The Hall–Kier alpha value is -2.44. The molecule has 2 amide bonds. The molecule has 144 valence electrons. The lowest BCUT2D eigenvalue weighted by Gasteiger charge is -2.20. The number of halogens is 2. The molecule has 0 saturated carbocycles. The van der Waals surface area contributed by atoms with Crippen LogP contribution in [-0.4, -0.2) is 38.0 Å². The number of hydrogen-bond acceptors (Lipinski definition) is 2. The predicted molar refractivity (Wildman–Crippen MR) is 104 cm³/mol. The Morgan fingerprint density at radius 3 is 2.48 bits per heavy atom. The van der Waals surface area contributed by atoms with Crippen molar-refractivity contribution in [3.8, 4) is 0 Å². The highest BCUT2D eigenvalue weighted by molar-refractivity contribution is 6.33. The molecular formula is C20H24ClFN3O2+. The molecule has 27 heavy (non-hydrogen) atoms. The van der Waals surface area contributed by atoms with Crippen LogP contribution < -0.4 is 15.5 Å². The summed E-state index contributed by atoms with van der Waals surface area (Å²) in [5, 5.41) is 6.07. The molecule has 1 unspecified atom stereocenters. The van der Waals surface area contributed by atoms with Gasteiger partial charge in [-0.3, -0.25) is 9.59 Å². The Morgan fingerprint density at radius 1 is 1.15 bits per heavy atom. The van der Waals surface area contributed by atoms with Crippen molar-refractivity contribution in [1.82, 2.24) is 5.32 Å². The van der Waals surface area contributed by atoms with Crippen LogP contribution in [0, 0.1) is 5.82 Å². The third-order valence-electron chi connectivity index (χ3n) is 4.35. The maximum atomic E-state index is 12.9. The molecule has 0 aliphatic carbocycles. The van der Waals surface area contributed by atoms with E-state index in [0.29, 0.717) is 23.7 Å². The standard InChI is InChI=1S/C20H23ClFN3O2/c1-14(20(27)23-12-11-15-7-9-16(22)10-8-15)25(2)13-19(26)24-18-6-4-3-5-17(18)21/h3-10,14H,11-13H2,1-2H3,(H,23,27)(H,24,26)/p+1/t14-/m1/s1. The number of amides is 2. The molecule has 2 aromatic rings. The van der Waals surface area contributed by atoms with Crippen molar-refractivity contribution in [3.63, 3.8) is 0 Å². The van der Waals surface area contributed by atoms with Gasteiger partial charge in [0.25, 0.3) is 11.8 Å². The summed E-state index contributed by atoms with van der Waals surface area (Å²) >= 11 is 6.03. The number of hydrogen-bond donors (Lipinski definition) is 3. The molecule has 0 bridgehead atoms. The average Bonchev–Trinajstić information content (AvgIpc) is 2.64. The minimum atomic E-state index is -0.393. The van der Waals surface area contributed by atoms with Crippen molar-refractivity contribution in [2.75, 3.05) is 25.5 Å². The van der Waals surface area contributed by atoms with Crippen molar-refractivity contribution in [1.29, 1.82) is 0 Å². The highest BCUT2D eigenvalue weighted by atomic mass is 35.5. The van der Waals surface area contributed by atoms with Gasteiger partial charge in [0.2, 0.25) is 0 Å². The molecule has 0 fully saturated rings. The summed E-state index contributed by atoms with van der Waals surface area (Å²) in [6, 6.07) is 12.8. The van der Waals surface area contributed by atoms with Gasteiger partial charge in [-0.05, 0) is 43.2 Å². The van der Waals surface area contributed by atoms with E-state index in [2.05, 4.69) is 10.6 Å². The second-order valence-electron chi connectivity index (χ2n) is 6.44. The Labute approximate surface area is 163 Å². The number of anilines is 1. The second kappa shape index (κ2) is 10.0. The molecular weight excluding hydrogens is 369 g/mol. The summed E-state index contributed by atoms with van der Waals surface area (Å²) in [4.78, 5) is 25.2. The molecule has 5 nitrogen and oxygen atoms in total. The average molecular weight is 393 g/mol. The minimum absolute atomic E-state index is 0.137. The first-order valence-corrected chi connectivity index (χ1v) is 9.13. The van der Waals surface area contributed by atoms with E-state index in [1.165, 1.54) is 12.1 Å². The molecule has 2 atom stereocenters. The van der Waals surface area contributed by atoms with Crippen molar-refractivity contribution in [3.05, 3.63) is 64.9 Å². The monoisotopic (exact) mass is 392 g/mol. The minimum Gasteiger partial charge on any atom is -0.351 e. The SMILES string of the molecule is C[C@H](C(=O)NCCc1ccc(F)cc1)[NH+](C)CC(=O)Nc1ccccc1Cl. The van der Waals surface area contributed by atoms with Crippen molar-refractivity contribution in [2.45, 2.75) is 19.4 Å². The van der Waals surface area contributed by atoms with Crippen LogP contribution >= 0.6 is 11.6 Å². The van der Waals surface area contributed by atoms with Gasteiger partial charge in [-0.1, -0.05) is 35.9 Å². The Morgan fingerprint density at radius 2 is 1.81 bits per heavy atom. The highest BCUT2D eigenvalue weighted by Crippen LogP contribution is 2.19. The fraction of sp³-hybridized carbons (Fsp3) is 0.300. The molecule has 3 N–H and O–H groups in total. The van der Waals surface area contributed by atoms with Crippen LogP contribution in [0.15, 0.2) is 48.5 Å². The third kappa shape index (κ3) is 6.66. The Kier molecular flexibility index (Phi) is 7.76. The Bertz CT molecular complexity index is 783. The van der Waals surface area contributed by atoms with E-state index >= 15 is 0 Å². The number of quaternary nitrogens is 1. The van der Waals surface area contributed by atoms with Gasteiger partial charge in [-0.15, -0.1) is 0 Å². The first-order chi connectivity index (χ1) is 12.9. The summed E-state index contributed by atoms with van der Waals surface area (Å²) in [6.07, 6.45) is 0.616. The van der Waals surface area contributed by atoms with Crippen molar-refractivity contribution in [2.24, 2.45) is 0 Å². The zero-order valence-corrected chi connectivity index (χ0v) is 16.1. The van der Waals surface area contributed by atoms with Crippen LogP contribution in [0.3, 0.4) is 0 Å². The van der Waals surface area contributed by atoms with Gasteiger partial charge in [-0.2, -0.15) is 0 Å². The van der Waals surface area contributed by atoms with Crippen LogP contribution in [0.5, 0.6) is 0 Å².